The number of hydrogen-bond acceptors (Lipinski definition) is 14. The molecule has 0 radical (unpaired) electrons. The molecule has 4 N–H and O–H groups in total. The maximum absolute atomic E-state index is 15.7. The number of aliphatic hydroxyl groups is 2. The summed E-state index contributed by atoms with van der Waals surface area (Å²) < 4.78 is 75.9. The molecule has 0 aliphatic heterocycles. The molecular formula is C44H52N2O14S. The third kappa shape index (κ3) is 11.0. The first kappa shape index (κ1) is 47.3. The number of nitrogens with one attached hydrogen (secondary N) is 2. The van der Waals surface area contributed by atoms with Gasteiger partial charge in [0, 0.05) is 24.3 Å². The van der Waals surface area contributed by atoms with Gasteiger partial charge >= 0.3 is 0 Å². The summed E-state index contributed by atoms with van der Waals surface area (Å²) in [5.41, 5.74) is 1.30. The van der Waals surface area contributed by atoms with E-state index in [2.05, 4.69) is 10.6 Å². The Morgan fingerprint density at radius 1 is 0.508 bits per heavy atom. The van der Waals surface area contributed by atoms with Crippen LogP contribution in [0.5, 0.6) is 46.0 Å². The smallest absolute Gasteiger partial charge is 0.253 e. The number of rotatable bonds is 20. The van der Waals surface area contributed by atoms with E-state index in [9.17, 15) is 19.8 Å². The molecule has 4 aromatic carbocycles. The van der Waals surface area contributed by atoms with Crippen molar-refractivity contribution in [3.63, 3.8) is 0 Å². The van der Waals surface area contributed by atoms with Gasteiger partial charge < -0.3 is 58.7 Å². The second-order valence-corrected chi connectivity index (χ2v) is 15.5. The normalized spacial score (nSPS) is 13.4. The molecule has 4 unspecified atom stereocenters. The third-order valence-corrected chi connectivity index (χ3v) is 11.7. The quantitative estimate of drug-likeness (QED) is 0.0802. The predicted octanol–water partition coefficient (Wildman–Crippen LogP) is 6.02. The average molecular weight is 865 g/mol. The summed E-state index contributed by atoms with van der Waals surface area (Å²) >= 11 is 0. The summed E-state index contributed by atoms with van der Waals surface area (Å²) in [5, 5.41) is 22.2. The molecule has 0 fully saturated rings. The zero-order chi connectivity index (χ0) is 45.0. The minimum atomic E-state index is -4.57. The van der Waals surface area contributed by atoms with Gasteiger partial charge in [0.05, 0.1) is 79.4 Å². The van der Waals surface area contributed by atoms with Gasteiger partial charge in [-0.1, -0.05) is 24.3 Å². The van der Waals surface area contributed by atoms with Crippen LogP contribution < -0.4 is 48.5 Å². The Kier molecular flexibility index (Phi) is 16.4. The van der Waals surface area contributed by atoms with Gasteiger partial charge in [-0.2, -0.15) is 0 Å². The van der Waals surface area contributed by atoms with E-state index in [4.69, 9.17) is 37.9 Å². The molecule has 4 rings (SSSR count). The highest BCUT2D eigenvalue weighted by molar-refractivity contribution is 7.92. The fraction of sp³-hybridized carbons (Fsp3) is 0.318. The van der Waals surface area contributed by atoms with Crippen LogP contribution in [0.2, 0.25) is 0 Å². The van der Waals surface area contributed by atoms with Crippen LogP contribution in [0.3, 0.4) is 0 Å². The van der Waals surface area contributed by atoms with Gasteiger partial charge in [0.1, 0.15) is 68.7 Å². The van der Waals surface area contributed by atoms with E-state index in [-0.39, 0.29) is 34.0 Å². The summed E-state index contributed by atoms with van der Waals surface area (Å²) in [6, 6.07) is 15.4. The van der Waals surface area contributed by atoms with Crippen molar-refractivity contribution in [1.82, 2.24) is 0 Å². The Morgan fingerprint density at radius 3 is 1.08 bits per heavy atom. The number of anilines is 2. The van der Waals surface area contributed by atoms with Gasteiger partial charge in [-0.3, -0.25) is 9.59 Å². The fourth-order valence-corrected chi connectivity index (χ4v) is 8.18. The van der Waals surface area contributed by atoms with E-state index in [1.807, 2.05) is 0 Å². The van der Waals surface area contributed by atoms with Crippen molar-refractivity contribution in [2.24, 2.45) is 0 Å². The van der Waals surface area contributed by atoms with E-state index in [0.717, 1.165) is 0 Å². The summed E-state index contributed by atoms with van der Waals surface area (Å²) in [6.45, 7) is 2.57. The second kappa shape index (κ2) is 21.2. The minimum Gasteiger partial charge on any atom is -0.496 e. The highest BCUT2D eigenvalue weighted by atomic mass is 32.2. The van der Waals surface area contributed by atoms with Gasteiger partial charge in [0.2, 0.25) is 0 Å². The maximum atomic E-state index is 15.7. The van der Waals surface area contributed by atoms with Crippen LogP contribution in [0.25, 0.3) is 12.2 Å². The zero-order valence-corrected chi connectivity index (χ0v) is 36.4. The van der Waals surface area contributed by atoms with Crippen molar-refractivity contribution < 1.29 is 66.1 Å². The number of benzene rings is 4. The Labute approximate surface area is 355 Å². The number of aliphatic hydroxyl groups excluding tert-OH is 2. The molecule has 61 heavy (non-hydrogen) atoms. The molecule has 0 aliphatic carbocycles. The summed E-state index contributed by atoms with van der Waals surface area (Å²) in [5.74, 6) is 0.975. The van der Waals surface area contributed by atoms with Gasteiger partial charge in [-0.15, -0.1) is 0 Å². The Balaban J connectivity index is 2.11. The predicted molar refractivity (Wildman–Crippen MR) is 231 cm³/mol. The topological polar surface area (TPSA) is 207 Å². The van der Waals surface area contributed by atoms with Crippen LogP contribution in [-0.4, -0.2) is 99.5 Å². The lowest BCUT2D eigenvalue weighted by molar-refractivity contribution is -0.123. The largest absolute Gasteiger partial charge is 0.496 e. The average Bonchev–Trinajstić information content (AvgIpc) is 3.25. The molecule has 0 saturated carbocycles. The number of carbonyl (C=O) groups excluding carboxylic acids is 2. The highest BCUT2D eigenvalue weighted by Gasteiger charge is 2.35. The monoisotopic (exact) mass is 864 g/mol. The molecule has 4 atom stereocenters. The van der Waals surface area contributed by atoms with Crippen LogP contribution in [0, 0.1) is 0 Å². The first-order chi connectivity index (χ1) is 29.1. The van der Waals surface area contributed by atoms with E-state index in [1.54, 1.807) is 24.3 Å². The van der Waals surface area contributed by atoms with Crippen molar-refractivity contribution in [2.45, 2.75) is 36.6 Å². The SMILES string of the molecule is COc1cc(OC)c(C=CC(c2ccc(OC)c(NC(=O)C(C)O)c2)S(=O)(=O)C(/C=C/c2c(OC)cc(OC)cc2OC)c2ccc(OC)c(NC(=O)C(C)O)c2)c(OC)c1. The maximum Gasteiger partial charge on any atom is 0.253 e. The number of methoxy groups -OCH3 is 8. The fourth-order valence-electron chi connectivity index (χ4n) is 6.21. The van der Waals surface area contributed by atoms with Gasteiger partial charge in [0.25, 0.3) is 11.8 Å². The molecule has 4 aromatic rings. The van der Waals surface area contributed by atoms with Gasteiger partial charge in [-0.05, 0) is 61.4 Å². The molecule has 16 nitrogen and oxygen atoms in total. The summed E-state index contributed by atoms with van der Waals surface area (Å²) in [4.78, 5) is 25.5. The molecule has 0 saturated heterocycles. The summed E-state index contributed by atoms with van der Waals surface area (Å²) in [6.07, 6.45) is 3.16. The van der Waals surface area contributed by atoms with Crippen molar-refractivity contribution in [1.29, 1.82) is 0 Å². The molecule has 0 aromatic heterocycles. The molecule has 0 aliphatic rings. The molecule has 17 heteroatoms. The Hall–Kier alpha value is -6.43. The molecule has 2 amide bonds. The lowest BCUT2D eigenvalue weighted by atomic mass is 10.1. The number of hydrogen-bond donors (Lipinski definition) is 4. The number of amides is 2. The lowest BCUT2D eigenvalue weighted by Gasteiger charge is -2.24. The summed E-state index contributed by atoms with van der Waals surface area (Å²) in [7, 11) is 6.93. The number of ether oxygens (including phenoxy) is 8. The number of carbonyl (C=O) groups is 2. The minimum absolute atomic E-state index is 0.0893. The van der Waals surface area contributed by atoms with Crippen LogP contribution in [0.4, 0.5) is 11.4 Å². The standard InChI is InChI=1S/C44H52N2O14S/c1-25(47)43(49)45-33-19-27(11-15-35(33)55-5)41(17-13-31-37(57-7)21-29(53-3)22-38(31)58-8)61(51,52)42(18-14-32-39(59-9)23-30(54-4)24-40(32)60-10)28-12-16-36(56-6)34(20-28)46-44(50)26(2)48/h11-26,41-42,47-48H,1-10H3,(H,45,49)(H,46,50)/b17-13+,18-14?. The van der Waals surface area contributed by atoms with Crippen molar-refractivity contribution in [2.75, 3.05) is 67.5 Å². The number of sulfone groups is 1. The highest BCUT2D eigenvalue weighted by Crippen LogP contribution is 2.44. The molecule has 0 spiro atoms. The third-order valence-electron chi connectivity index (χ3n) is 9.47. The van der Waals surface area contributed by atoms with Crippen molar-refractivity contribution in [3.05, 3.63) is 95.1 Å². The zero-order valence-electron chi connectivity index (χ0n) is 35.6. The molecular weight excluding hydrogens is 813 g/mol. The van der Waals surface area contributed by atoms with Gasteiger partial charge in [0.15, 0.2) is 9.84 Å². The first-order valence-corrected chi connectivity index (χ1v) is 20.2. The van der Waals surface area contributed by atoms with Crippen LogP contribution >= 0.6 is 0 Å². The van der Waals surface area contributed by atoms with Gasteiger partial charge in [-0.25, -0.2) is 8.42 Å². The van der Waals surface area contributed by atoms with Crippen LogP contribution in [0.15, 0.2) is 72.8 Å². The first-order valence-electron chi connectivity index (χ1n) is 18.6. The molecule has 0 bridgehead atoms. The van der Waals surface area contributed by atoms with E-state index < -0.39 is 44.4 Å². The van der Waals surface area contributed by atoms with Crippen LogP contribution in [-0.2, 0) is 19.4 Å². The van der Waals surface area contributed by atoms with Crippen molar-refractivity contribution in [3.8, 4) is 46.0 Å². The van der Waals surface area contributed by atoms with E-state index in [0.29, 0.717) is 45.6 Å². The Bertz CT molecular complexity index is 2150. The Morgan fingerprint density at radius 2 is 0.820 bits per heavy atom. The second-order valence-electron chi connectivity index (χ2n) is 13.3. The molecule has 0 heterocycles. The van der Waals surface area contributed by atoms with E-state index >= 15 is 8.42 Å². The lowest BCUT2D eigenvalue weighted by Crippen LogP contribution is -2.25. The van der Waals surface area contributed by atoms with Crippen LogP contribution in [0.1, 0.15) is 46.6 Å². The molecule has 328 valence electrons. The van der Waals surface area contributed by atoms with Crippen molar-refractivity contribution >= 4 is 45.2 Å². The van der Waals surface area contributed by atoms with E-state index in [1.165, 1.54) is 131 Å².